The van der Waals surface area contributed by atoms with Crippen LogP contribution in [0.4, 0.5) is 10.2 Å². The molecule has 0 saturated carbocycles. The summed E-state index contributed by atoms with van der Waals surface area (Å²) >= 11 is 0. The van der Waals surface area contributed by atoms with E-state index in [-0.39, 0.29) is 42.0 Å². The molecule has 1 atom stereocenters. The van der Waals surface area contributed by atoms with Crippen molar-refractivity contribution in [1.82, 2.24) is 14.1 Å². The summed E-state index contributed by atoms with van der Waals surface area (Å²) in [5, 5.41) is 21.6. The van der Waals surface area contributed by atoms with Crippen LogP contribution >= 0.6 is 0 Å². The predicted octanol–water partition coefficient (Wildman–Crippen LogP) is 1.79. The fraction of sp³-hybridized carbons (Fsp3) is 0.316. The zero-order valence-corrected chi connectivity index (χ0v) is 16.2. The summed E-state index contributed by atoms with van der Waals surface area (Å²) in [6.07, 6.45) is 0.997. The molecule has 30 heavy (non-hydrogen) atoms. The molecule has 1 N–H and O–H groups in total. The Morgan fingerprint density at radius 1 is 1.40 bits per heavy atom. The molecule has 0 saturated heterocycles. The monoisotopic (exact) mass is 418 g/mol. The third-order valence-corrected chi connectivity index (χ3v) is 4.57. The Bertz CT molecular complexity index is 1190. The van der Waals surface area contributed by atoms with Crippen molar-refractivity contribution < 1.29 is 24.0 Å². The first-order chi connectivity index (χ1) is 14.2. The van der Waals surface area contributed by atoms with Gasteiger partial charge in [0.05, 0.1) is 18.7 Å². The van der Waals surface area contributed by atoms with Crippen LogP contribution in [0.3, 0.4) is 0 Å². The maximum Gasteiger partial charge on any atom is 0.343 e. The van der Waals surface area contributed by atoms with Crippen molar-refractivity contribution in [3.05, 3.63) is 68.1 Å². The normalized spacial score (nSPS) is 12.1. The molecule has 1 unspecified atom stereocenters. The molecule has 2 aromatic heterocycles. The Morgan fingerprint density at radius 2 is 2.13 bits per heavy atom. The first-order valence-corrected chi connectivity index (χ1v) is 9.08. The van der Waals surface area contributed by atoms with E-state index >= 15 is 0 Å². The van der Waals surface area contributed by atoms with Gasteiger partial charge in [0.1, 0.15) is 30.2 Å². The summed E-state index contributed by atoms with van der Waals surface area (Å²) in [5.74, 6) is -1.55. The molecule has 0 spiro atoms. The van der Waals surface area contributed by atoms with Gasteiger partial charge in [0.2, 0.25) is 5.43 Å². The molecule has 3 rings (SSSR count). The summed E-state index contributed by atoms with van der Waals surface area (Å²) in [7, 11) is 0. The van der Waals surface area contributed by atoms with Crippen LogP contribution in [0.2, 0.25) is 0 Å². The molecule has 1 aromatic carbocycles. The number of carbonyl (C=O) groups is 1. The SMILES string of the molecule is CCOC(=O)c1cn(CC(O)Cn2c([N+](=O)[O-])cnc2C)c2c(F)cccc2c1=O. The van der Waals surface area contributed by atoms with Crippen molar-refractivity contribution in [1.29, 1.82) is 0 Å². The van der Waals surface area contributed by atoms with Crippen molar-refractivity contribution in [2.45, 2.75) is 33.0 Å². The highest BCUT2D eigenvalue weighted by molar-refractivity contribution is 5.93. The minimum Gasteiger partial charge on any atom is -0.462 e. The number of hydrogen-bond acceptors (Lipinski definition) is 7. The van der Waals surface area contributed by atoms with Gasteiger partial charge in [-0.2, -0.15) is 0 Å². The molecule has 0 aliphatic rings. The summed E-state index contributed by atoms with van der Waals surface area (Å²) in [6.45, 7) is 2.75. The third kappa shape index (κ3) is 3.92. The molecule has 0 amide bonds. The second kappa shape index (κ2) is 8.41. The van der Waals surface area contributed by atoms with E-state index < -0.39 is 28.2 Å². The van der Waals surface area contributed by atoms with E-state index in [0.29, 0.717) is 5.82 Å². The van der Waals surface area contributed by atoms with Crippen LogP contribution in [0.15, 0.2) is 35.4 Å². The zero-order valence-electron chi connectivity index (χ0n) is 16.2. The zero-order chi connectivity index (χ0) is 22.0. The molecule has 0 fully saturated rings. The van der Waals surface area contributed by atoms with Gasteiger partial charge in [-0.1, -0.05) is 6.07 Å². The average Bonchev–Trinajstić information content (AvgIpc) is 3.04. The number of benzene rings is 1. The highest BCUT2D eigenvalue weighted by Crippen LogP contribution is 2.19. The van der Waals surface area contributed by atoms with E-state index in [9.17, 15) is 29.2 Å². The Balaban J connectivity index is 2.04. The number of rotatable bonds is 7. The van der Waals surface area contributed by atoms with Gasteiger partial charge in [0.25, 0.3) is 0 Å². The second-order valence-electron chi connectivity index (χ2n) is 6.57. The van der Waals surface area contributed by atoms with Crippen LogP contribution < -0.4 is 5.43 Å². The Kier molecular flexibility index (Phi) is 5.92. The molecule has 2 heterocycles. The van der Waals surface area contributed by atoms with Crippen molar-refractivity contribution in [2.75, 3.05) is 6.61 Å². The number of carbonyl (C=O) groups excluding carboxylic acids is 1. The second-order valence-corrected chi connectivity index (χ2v) is 6.57. The van der Waals surface area contributed by atoms with Crippen LogP contribution in [-0.2, 0) is 17.8 Å². The number of hydrogen-bond donors (Lipinski definition) is 1. The van der Waals surface area contributed by atoms with E-state index in [1.807, 2.05) is 0 Å². The van der Waals surface area contributed by atoms with Gasteiger partial charge in [-0.3, -0.25) is 4.79 Å². The molecule has 11 heteroatoms. The van der Waals surface area contributed by atoms with Crippen LogP contribution in [-0.4, -0.2) is 42.8 Å². The third-order valence-electron chi connectivity index (χ3n) is 4.57. The van der Waals surface area contributed by atoms with Gasteiger partial charge in [-0.15, -0.1) is 0 Å². The van der Waals surface area contributed by atoms with Crippen LogP contribution in [0.25, 0.3) is 10.9 Å². The van der Waals surface area contributed by atoms with Crippen LogP contribution in [0.5, 0.6) is 0 Å². The lowest BCUT2D eigenvalue weighted by Crippen LogP contribution is -2.27. The lowest BCUT2D eigenvalue weighted by atomic mass is 10.1. The number of ether oxygens (including phenoxy) is 1. The van der Waals surface area contributed by atoms with Crippen LogP contribution in [0, 0.1) is 22.9 Å². The first-order valence-electron chi connectivity index (χ1n) is 9.08. The molecule has 3 aromatic rings. The number of esters is 1. The topological polar surface area (TPSA) is 129 Å². The van der Waals surface area contributed by atoms with Gasteiger partial charge in [0.15, 0.2) is 5.82 Å². The smallest absolute Gasteiger partial charge is 0.343 e. The quantitative estimate of drug-likeness (QED) is 0.352. The Hall–Kier alpha value is -3.60. The average molecular weight is 418 g/mol. The lowest BCUT2D eigenvalue weighted by Gasteiger charge is -2.17. The van der Waals surface area contributed by atoms with Crippen LogP contribution in [0.1, 0.15) is 23.1 Å². The molecule has 10 nitrogen and oxygen atoms in total. The number of aliphatic hydroxyl groups is 1. The molecule has 0 radical (unpaired) electrons. The molecule has 0 aliphatic heterocycles. The van der Waals surface area contributed by atoms with E-state index in [2.05, 4.69) is 4.98 Å². The fourth-order valence-corrected chi connectivity index (χ4v) is 3.24. The van der Waals surface area contributed by atoms with E-state index in [0.717, 1.165) is 18.5 Å². The van der Waals surface area contributed by atoms with Crippen molar-refractivity contribution in [3.8, 4) is 0 Å². The fourth-order valence-electron chi connectivity index (χ4n) is 3.24. The number of nitrogens with zero attached hydrogens (tertiary/aromatic N) is 4. The summed E-state index contributed by atoms with van der Waals surface area (Å²) in [6, 6.07) is 3.86. The largest absolute Gasteiger partial charge is 0.462 e. The standard InChI is InChI=1S/C19H19FN4O6/c1-3-30-19(27)14-10-22(17-13(18(14)26)5-4-6-15(17)20)8-12(25)9-23-11(2)21-7-16(23)24(28)29/h4-7,10,12,25H,3,8-9H2,1-2H3. The summed E-state index contributed by atoms with van der Waals surface area (Å²) in [5.41, 5.74) is -1.08. The number of aryl methyl sites for hydroxylation is 1. The van der Waals surface area contributed by atoms with E-state index in [1.54, 1.807) is 13.8 Å². The highest BCUT2D eigenvalue weighted by atomic mass is 19.1. The van der Waals surface area contributed by atoms with E-state index in [4.69, 9.17) is 4.74 Å². The number of halogens is 1. The minimum absolute atomic E-state index is 0.0439. The van der Waals surface area contributed by atoms with Crippen molar-refractivity contribution in [3.63, 3.8) is 0 Å². The molecular weight excluding hydrogens is 399 g/mol. The Morgan fingerprint density at radius 3 is 2.80 bits per heavy atom. The first kappa shape index (κ1) is 21.1. The van der Waals surface area contributed by atoms with Gasteiger partial charge < -0.3 is 24.5 Å². The van der Waals surface area contributed by atoms with Crippen molar-refractivity contribution in [2.24, 2.45) is 0 Å². The number of nitro groups is 1. The van der Waals surface area contributed by atoms with Gasteiger partial charge in [0, 0.05) is 18.5 Å². The maximum absolute atomic E-state index is 14.5. The number of para-hydroxylation sites is 1. The molecular formula is C19H19FN4O6. The van der Waals surface area contributed by atoms with Gasteiger partial charge in [-0.25, -0.2) is 18.7 Å². The van der Waals surface area contributed by atoms with E-state index in [1.165, 1.54) is 21.3 Å². The molecule has 158 valence electrons. The van der Waals surface area contributed by atoms with Crippen molar-refractivity contribution >= 4 is 22.7 Å². The maximum atomic E-state index is 14.5. The minimum atomic E-state index is -1.21. The number of aliphatic hydroxyl groups excluding tert-OH is 1. The number of fused-ring (bicyclic) bond motifs is 1. The molecule has 0 bridgehead atoms. The highest BCUT2D eigenvalue weighted by Gasteiger charge is 2.23. The number of imidazole rings is 1. The summed E-state index contributed by atoms with van der Waals surface area (Å²) in [4.78, 5) is 39.2. The number of aromatic nitrogens is 3. The molecule has 0 aliphatic carbocycles. The predicted molar refractivity (Wildman–Crippen MR) is 104 cm³/mol. The Labute approximate surface area is 169 Å². The lowest BCUT2D eigenvalue weighted by molar-refractivity contribution is -0.392. The summed E-state index contributed by atoms with van der Waals surface area (Å²) < 4.78 is 21.9. The van der Waals surface area contributed by atoms with Gasteiger partial charge in [-0.05, 0) is 24.0 Å². The van der Waals surface area contributed by atoms with Gasteiger partial charge >= 0.3 is 11.8 Å². The number of pyridine rings is 1.